The SMILES string of the molecule is COc1ccc(C(C)C)cc1/C=C1\N=C(c2cccc(F)c2)OC1=O. The van der Waals surface area contributed by atoms with Crippen molar-refractivity contribution in [3.63, 3.8) is 0 Å². The molecule has 0 unspecified atom stereocenters. The number of cyclic esters (lactones) is 1. The molecule has 1 aliphatic rings. The van der Waals surface area contributed by atoms with Gasteiger partial charge in [0.1, 0.15) is 11.6 Å². The second-order valence-corrected chi connectivity index (χ2v) is 6.00. The highest BCUT2D eigenvalue weighted by molar-refractivity contribution is 6.12. The monoisotopic (exact) mass is 339 g/mol. The zero-order chi connectivity index (χ0) is 18.0. The van der Waals surface area contributed by atoms with E-state index >= 15 is 0 Å². The molecule has 0 bridgehead atoms. The predicted molar refractivity (Wildman–Crippen MR) is 94.1 cm³/mol. The zero-order valence-corrected chi connectivity index (χ0v) is 14.2. The van der Waals surface area contributed by atoms with Gasteiger partial charge in [-0.3, -0.25) is 0 Å². The Hall–Kier alpha value is -2.95. The van der Waals surface area contributed by atoms with E-state index in [1.54, 1.807) is 19.3 Å². The molecule has 3 rings (SSSR count). The Kier molecular flexibility index (Phi) is 4.65. The summed E-state index contributed by atoms with van der Waals surface area (Å²) in [5, 5.41) is 0. The van der Waals surface area contributed by atoms with Crippen LogP contribution in [0.5, 0.6) is 5.75 Å². The van der Waals surface area contributed by atoms with E-state index in [1.807, 2.05) is 18.2 Å². The van der Waals surface area contributed by atoms with Crippen molar-refractivity contribution in [3.05, 3.63) is 70.7 Å². The smallest absolute Gasteiger partial charge is 0.363 e. The summed E-state index contributed by atoms with van der Waals surface area (Å²) >= 11 is 0. The van der Waals surface area contributed by atoms with Crippen LogP contribution in [0.2, 0.25) is 0 Å². The second kappa shape index (κ2) is 6.89. The van der Waals surface area contributed by atoms with Gasteiger partial charge in [-0.1, -0.05) is 26.0 Å². The number of esters is 1. The number of nitrogens with zero attached hydrogens (tertiary/aromatic N) is 1. The molecule has 0 saturated heterocycles. The van der Waals surface area contributed by atoms with Gasteiger partial charge in [0.15, 0.2) is 5.70 Å². The van der Waals surface area contributed by atoms with Gasteiger partial charge >= 0.3 is 5.97 Å². The van der Waals surface area contributed by atoms with Crippen LogP contribution in [0.4, 0.5) is 4.39 Å². The van der Waals surface area contributed by atoms with Gasteiger partial charge in [0.25, 0.3) is 0 Å². The molecule has 128 valence electrons. The summed E-state index contributed by atoms with van der Waals surface area (Å²) in [4.78, 5) is 16.3. The van der Waals surface area contributed by atoms with Crippen LogP contribution in [0.1, 0.15) is 36.5 Å². The molecular weight excluding hydrogens is 321 g/mol. The highest BCUT2D eigenvalue weighted by Crippen LogP contribution is 2.28. The number of ether oxygens (including phenoxy) is 2. The molecule has 2 aromatic carbocycles. The van der Waals surface area contributed by atoms with Crippen molar-refractivity contribution in [2.24, 2.45) is 4.99 Å². The number of methoxy groups -OCH3 is 1. The Morgan fingerprint density at radius 2 is 2.00 bits per heavy atom. The third-order valence-corrected chi connectivity index (χ3v) is 3.90. The molecule has 5 heteroatoms. The summed E-state index contributed by atoms with van der Waals surface area (Å²) in [6.45, 7) is 4.17. The topological polar surface area (TPSA) is 47.9 Å². The van der Waals surface area contributed by atoms with E-state index in [0.29, 0.717) is 17.2 Å². The van der Waals surface area contributed by atoms with Crippen LogP contribution in [0.3, 0.4) is 0 Å². The van der Waals surface area contributed by atoms with Gasteiger partial charge in [-0.25, -0.2) is 14.2 Å². The Morgan fingerprint density at radius 3 is 2.68 bits per heavy atom. The Balaban J connectivity index is 2.01. The maximum Gasteiger partial charge on any atom is 0.363 e. The molecule has 4 nitrogen and oxygen atoms in total. The number of benzene rings is 2. The molecule has 1 heterocycles. The van der Waals surface area contributed by atoms with Crippen molar-refractivity contribution in [2.45, 2.75) is 19.8 Å². The minimum atomic E-state index is -0.573. The highest BCUT2D eigenvalue weighted by atomic mass is 19.1. The highest BCUT2D eigenvalue weighted by Gasteiger charge is 2.25. The lowest BCUT2D eigenvalue weighted by atomic mass is 10.00. The number of halogens is 1. The lowest BCUT2D eigenvalue weighted by Crippen LogP contribution is -2.05. The van der Waals surface area contributed by atoms with Crippen molar-refractivity contribution in [1.29, 1.82) is 0 Å². The lowest BCUT2D eigenvalue weighted by Gasteiger charge is -2.10. The van der Waals surface area contributed by atoms with Gasteiger partial charge in [-0.2, -0.15) is 0 Å². The van der Waals surface area contributed by atoms with E-state index in [4.69, 9.17) is 9.47 Å². The zero-order valence-electron chi connectivity index (χ0n) is 14.2. The maximum absolute atomic E-state index is 13.4. The van der Waals surface area contributed by atoms with Gasteiger partial charge < -0.3 is 9.47 Å². The molecule has 0 radical (unpaired) electrons. The molecule has 0 atom stereocenters. The third-order valence-electron chi connectivity index (χ3n) is 3.90. The van der Waals surface area contributed by atoms with Gasteiger partial charge in [0.05, 0.1) is 7.11 Å². The number of hydrogen-bond acceptors (Lipinski definition) is 4. The Morgan fingerprint density at radius 1 is 1.20 bits per heavy atom. The fourth-order valence-corrected chi connectivity index (χ4v) is 2.53. The summed E-state index contributed by atoms with van der Waals surface area (Å²) in [6.07, 6.45) is 1.62. The summed E-state index contributed by atoms with van der Waals surface area (Å²) < 4.78 is 23.9. The molecule has 0 fully saturated rings. The first-order valence-corrected chi connectivity index (χ1v) is 7.94. The van der Waals surface area contributed by atoms with E-state index in [2.05, 4.69) is 18.8 Å². The van der Waals surface area contributed by atoms with Gasteiger partial charge in [0.2, 0.25) is 5.90 Å². The van der Waals surface area contributed by atoms with Crippen LogP contribution in [-0.2, 0) is 9.53 Å². The fourth-order valence-electron chi connectivity index (χ4n) is 2.53. The van der Waals surface area contributed by atoms with Crippen LogP contribution >= 0.6 is 0 Å². The first-order valence-electron chi connectivity index (χ1n) is 7.94. The van der Waals surface area contributed by atoms with Crippen LogP contribution in [0, 0.1) is 5.82 Å². The quantitative estimate of drug-likeness (QED) is 0.616. The molecule has 25 heavy (non-hydrogen) atoms. The van der Waals surface area contributed by atoms with Crippen LogP contribution in [0.25, 0.3) is 6.08 Å². The number of hydrogen-bond donors (Lipinski definition) is 0. The lowest BCUT2D eigenvalue weighted by molar-refractivity contribution is -0.129. The number of carbonyl (C=O) groups is 1. The molecule has 0 amide bonds. The number of carbonyl (C=O) groups excluding carboxylic acids is 1. The first kappa shape index (κ1) is 16.9. The van der Waals surface area contributed by atoms with Crippen LogP contribution in [-0.4, -0.2) is 19.0 Å². The van der Waals surface area contributed by atoms with Gasteiger partial charge in [-0.15, -0.1) is 0 Å². The van der Waals surface area contributed by atoms with Crippen molar-refractivity contribution in [1.82, 2.24) is 0 Å². The Bertz CT molecular complexity index is 884. The van der Waals surface area contributed by atoms with Crippen molar-refractivity contribution >= 4 is 17.9 Å². The molecule has 1 aliphatic heterocycles. The fraction of sp³-hybridized carbons (Fsp3) is 0.200. The second-order valence-electron chi connectivity index (χ2n) is 6.00. The average molecular weight is 339 g/mol. The van der Waals surface area contributed by atoms with Gasteiger partial charge in [-0.05, 0) is 47.9 Å². The summed E-state index contributed by atoms with van der Waals surface area (Å²) in [5.74, 6) is 0.0787. The van der Waals surface area contributed by atoms with E-state index in [0.717, 1.165) is 11.1 Å². The predicted octanol–water partition coefficient (Wildman–Crippen LogP) is 4.30. The van der Waals surface area contributed by atoms with Gasteiger partial charge in [0, 0.05) is 11.1 Å². The molecule has 0 aliphatic carbocycles. The minimum absolute atomic E-state index is 0.0923. The average Bonchev–Trinajstić information content (AvgIpc) is 2.95. The largest absolute Gasteiger partial charge is 0.496 e. The van der Waals surface area contributed by atoms with Crippen LogP contribution in [0.15, 0.2) is 53.2 Å². The van der Waals surface area contributed by atoms with Crippen molar-refractivity contribution < 1.29 is 18.7 Å². The third kappa shape index (κ3) is 3.60. The first-order chi connectivity index (χ1) is 12.0. The maximum atomic E-state index is 13.4. The Labute approximate surface area is 145 Å². The molecule has 2 aromatic rings. The molecular formula is C20H18FNO3. The van der Waals surface area contributed by atoms with E-state index in [9.17, 15) is 9.18 Å². The minimum Gasteiger partial charge on any atom is -0.496 e. The number of rotatable bonds is 4. The van der Waals surface area contributed by atoms with E-state index in [-0.39, 0.29) is 11.6 Å². The summed E-state index contributed by atoms with van der Waals surface area (Å²) in [5.41, 5.74) is 2.43. The number of aliphatic imine (C=N–C) groups is 1. The molecule has 0 N–H and O–H groups in total. The standard InChI is InChI=1S/C20H18FNO3/c1-12(2)13-7-8-18(24-3)15(9-13)11-17-20(23)25-19(22-17)14-5-4-6-16(21)10-14/h4-12H,1-3H3/b17-11-. The van der Waals surface area contributed by atoms with Crippen LogP contribution < -0.4 is 4.74 Å². The molecule has 0 aromatic heterocycles. The summed E-state index contributed by atoms with van der Waals surface area (Å²) in [7, 11) is 1.57. The normalized spacial score (nSPS) is 15.5. The molecule has 0 saturated carbocycles. The van der Waals surface area contributed by atoms with Crippen molar-refractivity contribution in [2.75, 3.05) is 7.11 Å². The van der Waals surface area contributed by atoms with E-state index in [1.165, 1.54) is 18.2 Å². The van der Waals surface area contributed by atoms with E-state index < -0.39 is 11.8 Å². The van der Waals surface area contributed by atoms with Crippen molar-refractivity contribution in [3.8, 4) is 5.75 Å². The molecule has 0 spiro atoms. The summed E-state index contributed by atoms with van der Waals surface area (Å²) in [6, 6.07) is 11.6.